The van der Waals surface area contributed by atoms with Crippen molar-refractivity contribution >= 4 is 35.0 Å². The van der Waals surface area contributed by atoms with Crippen LogP contribution in [0.2, 0.25) is 5.02 Å². The van der Waals surface area contributed by atoms with Crippen LogP contribution in [0.15, 0.2) is 48.5 Å². The van der Waals surface area contributed by atoms with Crippen LogP contribution in [0.4, 0.5) is 11.4 Å². The molecule has 26 heavy (non-hydrogen) atoms. The van der Waals surface area contributed by atoms with Gasteiger partial charge in [0.2, 0.25) is 5.91 Å². The average molecular weight is 369 g/mol. The SMILES string of the molecule is CC(C)c1ccc(/C=C/C(=O)Nc2cccc(Cl)c2N2CCCC2)cc1. The predicted molar refractivity (Wildman–Crippen MR) is 111 cm³/mol. The maximum atomic E-state index is 12.4. The molecule has 1 N–H and O–H groups in total. The second-order valence-electron chi connectivity index (χ2n) is 6.97. The van der Waals surface area contributed by atoms with Crippen LogP contribution in [0.5, 0.6) is 0 Å². The number of rotatable bonds is 5. The molecule has 0 radical (unpaired) electrons. The van der Waals surface area contributed by atoms with Gasteiger partial charge < -0.3 is 10.2 Å². The summed E-state index contributed by atoms with van der Waals surface area (Å²) in [6, 6.07) is 13.9. The van der Waals surface area contributed by atoms with Crippen molar-refractivity contribution in [3.8, 4) is 0 Å². The van der Waals surface area contributed by atoms with E-state index in [4.69, 9.17) is 11.6 Å². The molecule has 0 unspecified atom stereocenters. The van der Waals surface area contributed by atoms with Crippen molar-refractivity contribution in [1.82, 2.24) is 0 Å². The maximum Gasteiger partial charge on any atom is 0.248 e. The zero-order valence-electron chi connectivity index (χ0n) is 15.3. The van der Waals surface area contributed by atoms with Crippen LogP contribution < -0.4 is 10.2 Å². The minimum Gasteiger partial charge on any atom is -0.369 e. The monoisotopic (exact) mass is 368 g/mol. The zero-order chi connectivity index (χ0) is 18.5. The molecule has 4 heteroatoms. The van der Waals surface area contributed by atoms with Crippen molar-refractivity contribution in [2.45, 2.75) is 32.6 Å². The molecule has 0 bridgehead atoms. The van der Waals surface area contributed by atoms with Gasteiger partial charge in [0.15, 0.2) is 0 Å². The van der Waals surface area contributed by atoms with Gasteiger partial charge in [-0.05, 0) is 48.1 Å². The largest absolute Gasteiger partial charge is 0.369 e. The molecule has 0 aliphatic carbocycles. The Morgan fingerprint density at radius 1 is 1.12 bits per heavy atom. The van der Waals surface area contributed by atoms with Crippen molar-refractivity contribution in [3.63, 3.8) is 0 Å². The van der Waals surface area contributed by atoms with E-state index in [0.29, 0.717) is 10.9 Å². The van der Waals surface area contributed by atoms with E-state index in [2.05, 4.69) is 36.2 Å². The van der Waals surface area contributed by atoms with Crippen molar-refractivity contribution in [3.05, 3.63) is 64.7 Å². The summed E-state index contributed by atoms with van der Waals surface area (Å²) >= 11 is 6.40. The number of nitrogens with one attached hydrogen (secondary N) is 1. The molecule has 1 aliphatic heterocycles. The fraction of sp³-hybridized carbons (Fsp3) is 0.318. The first-order valence-corrected chi connectivity index (χ1v) is 9.55. The fourth-order valence-electron chi connectivity index (χ4n) is 3.22. The van der Waals surface area contributed by atoms with Crippen molar-refractivity contribution in [2.24, 2.45) is 0 Å². The highest BCUT2D eigenvalue weighted by Gasteiger charge is 2.19. The molecule has 0 atom stereocenters. The van der Waals surface area contributed by atoms with Gasteiger partial charge in [-0.3, -0.25) is 4.79 Å². The molecule has 3 nitrogen and oxygen atoms in total. The summed E-state index contributed by atoms with van der Waals surface area (Å²) in [5, 5.41) is 3.65. The van der Waals surface area contributed by atoms with Gasteiger partial charge in [-0.2, -0.15) is 0 Å². The highest BCUT2D eigenvalue weighted by molar-refractivity contribution is 6.34. The van der Waals surface area contributed by atoms with Crippen molar-refractivity contribution < 1.29 is 4.79 Å². The Bertz CT molecular complexity index is 790. The summed E-state index contributed by atoms with van der Waals surface area (Å²) in [5.41, 5.74) is 4.00. The lowest BCUT2D eigenvalue weighted by Gasteiger charge is -2.22. The van der Waals surface area contributed by atoms with Crippen LogP contribution in [-0.2, 0) is 4.79 Å². The summed E-state index contributed by atoms with van der Waals surface area (Å²) < 4.78 is 0. The van der Waals surface area contributed by atoms with E-state index in [9.17, 15) is 4.79 Å². The quantitative estimate of drug-likeness (QED) is 0.685. The van der Waals surface area contributed by atoms with Gasteiger partial charge in [0.25, 0.3) is 0 Å². The molecule has 1 heterocycles. The molecule has 1 fully saturated rings. The number of carbonyl (C=O) groups excluding carboxylic acids is 1. The third-order valence-corrected chi connectivity index (χ3v) is 5.00. The Morgan fingerprint density at radius 3 is 2.46 bits per heavy atom. The molecular weight excluding hydrogens is 344 g/mol. The van der Waals surface area contributed by atoms with Gasteiger partial charge in [-0.1, -0.05) is 55.8 Å². The molecule has 1 aliphatic rings. The Morgan fingerprint density at radius 2 is 1.81 bits per heavy atom. The van der Waals surface area contributed by atoms with Gasteiger partial charge in [-0.15, -0.1) is 0 Å². The minimum atomic E-state index is -0.152. The summed E-state index contributed by atoms with van der Waals surface area (Å²) in [6.07, 6.45) is 5.72. The molecule has 2 aromatic rings. The summed E-state index contributed by atoms with van der Waals surface area (Å²) in [4.78, 5) is 14.6. The molecule has 3 rings (SSSR count). The number of amides is 1. The number of nitrogens with zero attached hydrogens (tertiary/aromatic N) is 1. The molecule has 0 spiro atoms. The van der Waals surface area contributed by atoms with Crippen LogP contribution in [0.3, 0.4) is 0 Å². The van der Waals surface area contributed by atoms with Crippen molar-refractivity contribution in [2.75, 3.05) is 23.3 Å². The van der Waals surface area contributed by atoms with Gasteiger partial charge in [0, 0.05) is 19.2 Å². The molecule has 2 aromatic carbocycles. The standard InChI is InChI=1S/C22H25ClN2O/c1-16(2)18-11-8-17(9-12-18)10-13-21(26)24-20-7-5-6-19(23)22(20)25-14-3-4-15-25/h5-13,16H,3-4,14-15H2,1-2H3,(H,24,26)/b13-10+. The number of carbonyl (C=O) groups is 1. The van der Waals surface area contributed by atoms with E-state index in [1.807, 2.05) is 36.4 Å². The summed E-state index contributed by atoms with van der Waals surface area (Å²) in [7, 11) is 0. The first-order chi connectivity index (χ1) is 12.5. The number of hydrogen-bond donors (Lipinski definition) is 1. The number of anilines is 2. The number of para-hydroxylation sites is 1. The molecule has 1 amide bonds. The smallest absolute Gasteiger partial charge is 0.248 e. The van der Waals surface area contributed by atoms with E-state index in [0.717, 1.165) is 42.9 Å². The van der Waals surface area contributed by atoms with Gasteiger partial charge in [-0.25, -0.2) is 0 Å². The lowest BCUT2D eigenvalue weighted by molar-refractivity contribution is -0.111. The van der Waals surface area contributed by atoms with Crippen LogP contribution >= 0.6 is 11.6 Å². The first kappa shape index (κ1) is 18.5. The fourth-order valence-corrected chi connectivity index (χ4v) is 3.51. The van der Waals surface area contributed by atoms with Crippen molar-refractivity contribution in [1.29, 1.82) is 0 Å². The average Bonchev–Trinajstić information content (AvgIpc) is 3.14. The first-order valence-electron chi connectivity index (χ1n) is 9.17. The second-order valence-corrected chi connectivity index (χ2v) is 7.38. The molecule has 0 saturated carbocycles. The lowest BCUT2D eigenvalue weighted by Crippen LogP contribution is -2.21. The molecule has 1 saturated heterocycles. The zero-order valence-corrected chi connectivity index (χ0v) is 16.1. The van der Waals surface area contributed by atoms with E-state index in [1.54, 1.807) is 6.08 Å². The van der Waals surface area contributed by atoms with E-state index in [-0.39, 0.29) is 5.91 Å². The van der Waals surface area contributed by atoms with Gasteiger partial charge >= 0.3 is 0 Å². The van der Waals surface area contributed by atoms with Gasteiger partial charge in [0.1, 0.15) is 0 Å². The number of halogens is 1. The van der Waals surface area contributed by atoms with Crippen LogP contribution in [-0.4, -0.2) is 19.0 Å². The van der Waals surface area contributed by atoms with E-state index in [1.165, 1.54) is 5.56 Å². The Labute approximate surface area is 160 Å². The summed E-state index contributed by atoms with van der Waals surface area (Å²) in [6.45, 7) is 6.29. The Kier molecular flexibility index (Phi) is 6.00. The van der Waals surface area contributed by atoms with Crippen LogP contribution in [0.25, 0.3) is 6.08 Å². The third kappa shape index (κ3) is 4.47. The second kappa shape index (κ2) is 8.41. The molecule has 136 valence electrons. The highest BCUT2D eigenvalue weighted by atomic mass is 35.5. The van der Waals surface area contributed by atoms with Crippen LogP contribution in [0.1, 0.15) is 43.7 Å². The number of benzene rings is 2. The Balaban J connectivity index is 1.71. The summed E-state index contributed by atoms with van der Waals surface area (Å²) in [5.74, 6) is 0.351. The van der Waals surface area contributed by atoms with Gasteiger partial charge in [0.05, 0.1) is 16.4 Å². The lowest BCUT2D eigenvalue weighted by atomic mass is 10.0. The predicted octanol–water partition coefficient (Wildman–Crippen LogP) is 5.72. The topological polar surface area (TPSA) is 32.3 Å². The minimum absolute atomic E-state index is 0.152. The highest BCUT2D eigenvalue weighted by Crippen LogP contribution is 2.35. The molecular formula is C22H25ClN2O. The Hall–Kier alpha value is -2.26. The molecule has 0 aromatic heterocycles. The normalized spacial score (nSPS) is 14.4. The maximum absolute atomic E-state index is 12.4. The number of hydrogen-bond acceptors (Lipinski definition) is 2. The van der Waals surface area contributed by atoms with Crippen LogP contribution in [0, 0.1) is 0 Å². The van der Waals surface area contributed by atoms with E-state index >= 15 is 0 Å². The van der Waals surface area contributed by atoms with E-state index < -0.39 is 0 Å². The third-order valence-electron chi connectivity index (χ3n) is 4.70.